The topological polar surface area (TPSA) is 60.2 Å². The highest BCUT2D eigenvalue weighted by molar-refractivity contribution is 7.99. The normalized spacial score (nSPS) is 12.2. The summed E-state index contributed by atoms with van der Waals surface area (Å²) >= 11 is 1.48. The molecule has 0 spiro atoms. The van der Waals surface area contributed by atoms with Crippen LogP contribution in [-0.4, -0.2) is 16.5 Å². The van der Waals surface area contributed by atoms with E-state index in [1.807, 2.05) is 0 Å². The molecule has 18 heavy (non-hydrogen) atoms. The fraction of sp³-hybridized carbons (Fsp3) is 0.462. The molecule has 0 N–H and O–H groups in total. The highest BCUT2D eigenvalue weighted by Crippen LogP contribution is 2.31. The number of carbonyl (C=O) groups is 1. The molecule has 1 rings (SSSR count). The number of Topliss-reactive ketones (excluding diaryl/α,β-unsaturated/α-hetero) is 1. The molecule has 0 saturated carbocycles. The monoisotopic (exact) mass is 267 g/mol. The van der Waals surface area contributed by atoms with Gasteiger partial charge in [-0.3, -0.25) is 14.9 Å². The third kappa shape index (κ3) is 3.84. The van der Waals surface area contributed by atoms with Gasteiger partial charge in [0.1, 0.15) is 0 Å². The van der Waals surface area contributed by atoms with Gasteiger partial charge in [0.05, 0.1) is 9.82 Å². The molecule has 0 aliphatic heterocycles. The van der Waals surface area contributed by atoms with Crippen LogP contribution in [0.2, 0.25) is 0 Å². The van der Waals surface area contributed by atoms with Crippen molar-refractivity contribution in [2.24, 2.45) is 5.92 Å². The van der Waals surface area contributed by atoms with Gasteiger partial charge in [-0.15, -0.1) is 11.8 Å². The Morgan fingerprint density at radius 3 is 2.67 bits per heavy atom. The lowest BCUT2D eigenvalue weighted by atomic mass is 10.1. The van der Waals surface area contributed by atoms with E-state index in [-0.39, 0.29) is 11.5 Å². The molecule has 1 aromatic rings. The average molecular weight is 267 g/mol. The van der Waals surface area contributed by atoms with Crippen molar-refractivity contribution >= 4 is 23.2 Å². The molecular formula is C13H17NO3S. The van der Waals surface area contributed by atoms with Crippen molar-refractivity contribution in [3.63, 3.8) is 0 Å². The lowest BCUT2D eigenvalue weighted by Gasteiger charge is -2.08. The van der Waals surface area contributed by atoms with Crippen LogP contribution in [0.3, 0.4) is 0 Å². The van der Waals surface area contributed by atoms with Crippen molar-refractivity contribution in [2.75, 3.05) is 5.75 Å². The Labute approximate surface area is 111 Å². The molecule has 0 aliphatic carbocycles. The first-order valence-electron chi connectivity index (χ1n) is 5.87. The summed E-state index contributed by atoms with van der Waals surface area (Å²) in [5.41, 5.74) is 0.408. The van der Waals surface area contributed by atoms with Gasteiger partial charge in [-0.2, -0.15) is 0 Å². The predicted molar refractivity (Wildman–Crippen MR) is 73.3 cm³/mol. The van der Waals surface area contributed by atoms with Crippen molar-refractivity contribution in [1.82, 2.24) is 0 Å². The first-order chi connectivity index (χ1) is 8.45. The summed E-state index contributed by atoms with van der Waals surface area (Å²) < 4.78 is 0. The Hall–Kier alpha value is -1.36. The largest absolute Gasteiger partial charge is 0.295 e. The zero-order chi connectivity index (χ0) is 13.7. The number of hydrogen-bond acceptors (Lipinski definition) is 4. The number of nitro groups is 1. The molecule has 0 radical (unpaired) electrons. The maximum absolute atomic E-state index is 11.2. The first-order valence-corrected chi connectivity index (χ1v) is 6.86. The van der Waals surface area contributed by atoms with E-state index in [0.29, 0.717) is 16.4 Å². The number of hydrogen-bond donors (Lipinski definition) is 0. The standard InChI is InChI=1S/C13H17NO3S/c1-4-9(2)8-18-13-6-5-11(10(3)15)7-12(13)14(16)17/h5-7,9H,4,8H2,1-3H3. The molecule has 0 saturated heterocycles. The molecule has 1 aromatic carbocycles. The molecule has 1 unspecified atom stereocenters. The number of carbonyl (C=O) groups excluding carboxylic acids is 1. The maximum Gasteiger partial charge on any atom is 0.283 e. The number of nitrogens with zero attached hydrogens (tertiary/aromatic N) is 1. The van der Waals surface area contributed by atoms with Gasteiger partial charge in [0.15, 0.2) is 5.78 Å². The maximum atomic E-state index is 11.2. The van der Waals surface area contributed by atoms with E-state index in [0.717, 1.165) is 12.2 Å². The summed E-state index contributed by atoms with van der Waals surface area (Å²) in [4.78, 5) is 22.4. The van der Waals surface area contributed by atoms with Crippen LogP contribution in [0.25, 0.3) is 0 Å². The van der Waals surface area contributed by atoms with Crippen molar-refractivity contribution in [2.45, 2.75) is 32.1 Å². The van der Waals surface area contributed by atoms with Gasteiger partial charge in [-0.05, 0) is 25.0 Å². The second-order valence-electron chi connectivity index (χ2n) is 4.32. The molecule has 5 heteroatoms. The fourth-order valence-electron chi connectivity index (χ4n) is 1.35. The second kappa shape index (κ2) is 6.54. The van der Waals surface area contributed by atoms with Gasteiger partial charge in [-0.25, -0.2) is 0 Å². The van der Waals surface area contributed by atoms with E-state index in [9.17, 15) is 14.9 Å². The van der Waals surface area contributed by atoms with Gasteiger partial charge in [0.2, 0.25) is 0 Å². The molecule has 0 bridgehead atoms. The van der Waals surface area contributed by atoms with E-state index in [1.54, 1.807) is 12.1 Å². The summed E-state index contributed by atoms with van der Waals surface area (Å²) in [5, 5.41) is 11.0. The predicted octanol–water partition coefficient (Wildman–Crippen LogP) is 3.94. The minimum absolute atomic E-state index is 0.0241. The van der Waals surface area contributed by atoms with Crippen molar-refractivity contribution in [3.8, 4) is 0 Å². The lowest BCUT2D eigenvalue weighted by molar-refractivity contribution is -0.387. The third-order valence-corrected chi connectivity index (χ3v) is 4.17. The highest BCUT2D eigenvalue weighted by atomic mass is 32.2. The van der Waals surface area contributed by atoms with E-state index < -0.39 is 4.92 Å². The Kier molecular flexibility index (Phi) is 5.34. The lowest BCUT2D eigenvalue weighted by Crippen LogP contribution is -1.99. The first kappa shape index (κ1) is 14.7. The summed E-state index contributed by atoms with van der Waals surface area (Å²) in [6.07, 6.45) is 1.05. The number of benzene rings is 1. The van der Waals surface area contributed by atoms with Crippen LogP contribution in [0.4, 0.5) is 5.69 Å². The van der Waals surface area contributed by atoms with Gasteiger partial charge in [0.25, 0.3) is 5.69 Å². The van der Waals surface area contributed by atoms with Gasteiger partial charge in [0, 0.05) is 17.4 Å². The van der Waals surface area contributed by atoms with Gasteiger partial charge in [-0.1, -0.05) is 20.3 Å². The Bertz CT molecular complexity index is 460. The van der Waals surface area contributed by atoms with Crippen molar-refractivity contribution in [3.05, 3.63) is 33.9 Å². The summed E-state index contributed by atoms with van der Waals surface area (Å²) in [6.45, 7) is 5.62. The molecule has 0 fully saturated rings. The van der Waals surface area contributed by atoms with E-state index >= 15 is 0 Å². The molecule has 0 heterocycles. The number of ketones is 1. The molecular weight excluding hydrogens is 250 g/mol. The van der Waals surface area contributed by atoms with Crippen LogP contribution in [0.15, 0.2) is 23.1 Å². The Morgan fingerprint density at radius 1 is 1.50 bits per heavy atom. The Morgan fingerprint density at radius 2 is 2.17 bits per heavy atom. The van der Waals surface area contributed by atoms with E-state index in [4.69, 9.17) is 0 Å². The van der Waals surface area contributed by atoms with Crippen molar-refractivity contribution in [1.29, 1.82) is 0 Å². The quantitative estimate of drug-likeness (QED) is 0.339. The molecule has 0 amide bonds. The highest BCUT2D eigenvalue weighted by Gasteiger charge is 2.17. The Balaban J connectivity index is 2.97. The molecule has 1 atom stereocenters. The van der Waals surface area contributed by atoms with Crippen LogP contribution >= 0.6 is 11.8 Å². The summed E-state index contributed by atoms with van der Waals surface area (Å²) in [5.74, 6) is 1.20. The smallest absolute Gasteiger partial charge is 0.283 e. The minimum Gasteiger partial charge on any atom is -0.295 e. The third-order valence-electron chi connectivity index (χ3n) is 2.78. The van der Waals surface area contributed by atoms with Gasteiger partial charge >= 0.3 is 0 Å². The van der Waals surface area contributed by atoms with Crippen LogP contribution in [-0.2, 0) is 0 Å². The van der Waals surface area contributed by atoms with Gasteiger partial charge < -0.3 is 0 Å². The van der Waals surface area contributed by atoms with E-state index in [2.05, 4.69) is 13.8 Å². The second-order valence-corrected chi connectivity index (χ2v) is 5.38. The number of thioether (sulfide) groups is 1. The van der Waals surface area contributed by atoms with Crippen LogP contribution in [0.1, 0.15) is 37.6 Å². The SMILES string of the molecule is CCC(C)CSc1ccc(C(C)=O)cc1[N+](=O)[O-]. The number of nitro benzene ring substituents is 1. The van der Waals surface area contributed by atoms with Crippen molar-refractivity contribution < 1.29 is 9.72 Å². The summed E-state index contributed by atoms with van der Waals surface area (Å²) in [7, 11) is 0. The molecule has 0 aromatic heterocycles. The zero-order valence-corrected chi connectivity index (χ0v) is 11.6. The minimum atomic E-state index is -0.425. The fourth-order valence-corrected chi connectivity index (χ4v) is 2.50. The van der Waals surface area contributed by atoms with Crippen LogP contribution in [0, 0.1) is 16.0 Å². The number of rotatable bonds is 6. The van der Waals surface area contributed by atoms with E-state index in [1.165, 1.54) is 24.8 Å². The molecule has 98 valence electrons. The van der Waals surface area contributed by atoms with Crippen LogP contribution in [0.5, 0.6) is 0 Å². The molecule has 4 nitrogen and oxygen atoms in total. The molecule has 0 aliphatic rings. The zero-order valence-electron chi connectivity index (χ0n) is 10.8. The van der Waals surface area contributed by atoms with Crippen LogP contribution < -0.4 is 0 Å². The summed E-state index contributed by atoms with van der Waals surface area (Å²) in [6, 6.07) is 4.68. The average Bonchev–Trinajstić information content (AvgIpc) is 2.35.